The Morgan fingerprint density at radius 2 is 1.67 bits per heavy atom. The number of halogens is 1. The first-order valence-corrected chi connectivity index (χ1v) is 6.68. The van der Waals surface area contributed by atoms with Crippen molar-refractivity contribution in [1.82, 2.24) is 0 Å². The molecule has 0 fully saturated rings. The normalized spacial score (nSPS) is 10.3. The first-order chi connectivity index (χ1) is 9.97. The lowest BCUT2D eigenvalue weighted by Crippen LogP contribution is -2.06. The Kier molecular flexibility index (Phi) is 4.38. The van der Waals surface area contributed by atoms with Gasteiger partial charge in [-0.15, -0.1) is 0 Å². The molecule has 2 aromatic rings. The summed E-state index contributed by atoms with van der Waals surface area (Å²) < 4.78 is 10.4. The van der Waals surface area contributed by atoms with Crippen LogP contribution in [-0.4, -0.2) is 20.0 Å². The zero-order valence-electron chi connectivity index (χ0n) is 12.1. The number of ether oxygens (including phenoxy) is 2. The molecule has 2 rings (SSSR count). The maximum absolute atomic E-state index is 12.6. The van der Waals surface area contributed by atoms with Crippen LogP contribution in [0.3, 0.4) is 0 Å². The van der Waals surface area contributed by atoms with Crippen molar-refractivity contribution in [3.05, 3.63) is 52.0 Å². The van der Waals surface area contributed by atoms with Gasteiger partial charge in [0.1, 0.15) is 0 Å². The number of nitrogen functional groups attached to an aromatic ring is 1. The highest BCUT2D eigenvalue weighted by Crippen LogP contribution is 2.34. The number of carbonyl (C=O) groups is 1. The second-order valence-electron chi connectivity index (χ2n) is 4.59. The molecule has 0 unspecified atom stereocenters. The van der Waals surface area contributed by atoms with E-state index in [0.717, 1.165) is 5.56 Å². The van der Waals surface area contributed by atoms with Crippen LogP contribution in [0.25, 0.3) is 0 Å². The Morgan fingerprint density at radius 1 is 1.05 bits per heavy atom. The highest BCUT2D eigenvalue weighted by atomic mass is 35.5. The third-order valence-corrected chi connectivity index (χ3v) is 3.53. The Hall–Kier alpha value is -2.20. The van der Waals surface area contributed by atoms with Gasteiger partial charge in [-0.2, -0.15) is 0 Å². The zero-order chi connectivity index (χ0) is 15.6. The molecule has 0 aliphatic carbocycles. The van der Waals surface area contributed by atoms with Gasteiger partial charge in [0.25, 0.3) is 0 Å². The average molecular weight is 306 g/mol. The summed E-state index contributed by atoms with van der Waals surface area (Å²) in [5.74, 6) is 0.755. The number of rotatable bonds is 4. The number of aryl methyl sites for hydroxylation is 1. The first kappa shape index (κ1) is 15.2. The number of ketones is 1. The molecule has 0 bridgehead atoms. The summed E-state index contributed by atoms with van der Waals surface area (Å²) in [5.41, 5.74) is 8.03. The summed E-state index contributed by atoms with van der Waals surface area (Å²) in [6.07, 6.45) is 0. The van der Waals surface area contributed by atoms with Gasteiger partial charge in [-0.05, 0) is 36.8 Å². The summed E-state index contributed by atoms with van der Waals surface area (Å²) >= 11 is 6.18. The Labute approximate surface area is 128 Å². The topological polar surface area (TPSA) is 61.5 Å². The second-order valence-corrected chi connectivity index (χ2v) is 5.00. The lowest BCUT2D eigenvalue weighted by Gasteiger charge is -2.12. The molecule has 5 heteroatoms. The van der Waals surface area contributed by atoms with Crippen LogP contribution in [0.4, 0.5) is 5.69 Å². The van der Waals surface area contributed by atoms with Crippen molar-refractivity contribution in [2.45, 2.75) is 6.92 Å². The van der Waals surface area contributed by atoms with Gasteiger partial charge in [0, 0.05) is 22.9 Å². The minimum absolute atomic E-state index is 0.182. The Morgan fingerprint density at radius 3 is 2.24 bits per heavy atom. The molecule has 0 aliphatic rings. The van der Waals surface area contributed by atoms with Crippen molar-refractivity contribution >= 4 is 23.1 Å². The second kappa shape index (κ2) is 6.06. The highest BCUT2D eigenvalue weighted by molar-refractivity contribution is 6.35. The van der Waals surface area contributed by atoms with E-state index in [1.165, 1.54) is 14.2 Å². The molecule has 21 heavy (non-hydrogen) atoms. The lowest BCUT2D eigenvalue weighted by molar-refractivity contribution is 0.103. The first-order valence-electron chi connectivity index (χ1n) is 6.30. The monoisotopic (exact) mass is 305 g/mol. The molecule has 0 saturated heterocycles. The number of methoxy groups -OCH3 is 2. The molecule has 0 spiro atoms. The molecule has 0 aliphatic heterocycles. The number of hydrogen-bond donors (Lipinski definition) is 1. The summed E-state index contributed by atoms with van der Waals surface area (Å²) in [4.78, 5) is 12.6. The minimum atomic E-state index is -0.182. The maximum Gasteiger partial charge on any atom is 0.194 e. The van der Waals surface area contributed by atoms with Crippen LogP contribution in [0.15, 0.2) is 30.3 Å². The van der Waals surface area contributed by atoms with Gasteiger partial charge in [0.05, 0.1) is 19.2 Å². The summed E-state index contributed by atoms with van der Waals surface area (Å²) in [6, 6.07) is 8.29. The zero-order valence-corrected chi connectivity index (χ0v) is 12.8. The number of nitrogens with two attached hydrogens (primary N) is 1. The molecular formula is C16H16ClNO3. The summed E-state index contributed by atoms with van der Waals surface area (Å²) in [7, 11) is 3.02. The fraction of sp³-hybridized carbons (Fsp3) is 0.188. The standard InChI is InChI=1S/C16H16ClNO3/c1-9-6-10(18)4-5-11(9)16(19)12-7-14(20-2)15(21-3)8-13(12)17/h4-8H,18H2,1-3H3. The third kappa shape index (κ3) is 2.95. The number of hydrogen-bond acceptors (Lipinski definition) is 4. The van der Waals surface area contributed by atoms with E-state index in [9.17, 15) is 4.79 Å². The highest BCUT2D eigenvalue weighted by Gasteiger charge is 2.18. The molecule has 0 radical (unpaired) electrons. The fourth-order valence-electron chi connectivity index (χ4n) is 2.11. The van der Waals surface area contributed by atoms with Gasteiger partial charge in [0.2, 0.25) is 0 Å². The molecule has 0 aromatic heterocycles. The van der Waals surface area contributed by atoms with Gasteiger partial charge < -0.3 is 15.2 Å². The predicted molar refractivity (Wildman–Crippen MR) is 83.6 cm³/mol. The average Bonchev–Trinajstić information content (AvgIpc) is 2.46. The lowest BCUT2D eigenvalue weighted by atomic mass is 9.98. The molecule has 110 valence electrons. The van der Waals surface area contributed by atoms with E-state index in [1.54, 1.807) is 30.3 Å². The predicted octanol–water partition coefficient (Wildman–Crippen LogP) is 3.48. The number of anilines is 1. The van der Waals surface area contributed by atoms with Crippen molar-refractivity contribution in [2.75, 3.05) is 20.0 Å². The minimum Gasteiger partial charge on any atom is -0.493 e. The van der Waals surface area contributed by atoms with Crippen LogP contribution in [0.5, 0.6) is 11.5 Å². The molecule has 2 aromatic carbocycles. The van der Waals surface area contributed by atoms with Crippen molar-refractivity contribution < 1.29 is 14.3 Å². The fourth-order valence-corrected chi connectivity index (χ4v) is 2.35. The SMILES string of the molecule is COc1cc(Cl)c(C(=O)c2ccc(N)cc2C)cc1OC. The van der Waals surface area contributed by atoms with Crippen molar-refractivity contribution in [3.8, 4) is 11.5 Å². The molecule has 4 nitrogen and oxygen atoms in total. The summed E-state index contributed by atoms with van der Waals surface area (Å²) in [5, 5.41) is 0.314. The molecule has 0 saturated carbocycles. The number of carbonyl (C=O) groups excluding carboxylic acids is 1. The third-order valence-electron chi connectivity index (χ3n) is 3.21. The van der Waals surface area contributed by atoms with Crippen LogP contribution in [0.1, 0.15) is 21.5 Å². The van der Waals surface area contributed by atoms with Crippen molar-refractivity contribution in [3.63, 3.8) is 0 Å². The van der Waals surface area contributed by atoms with Crippen LogP contribution in [0.2, 0.25) is 5.02 Å². The smallest absolute Gasteiger partial charge is 0.194 e. The van der Waals surface area contributed by atoms with E-state index in [4.69, 9.17) is 26.8 Å². The van der Waals surface area contributed by atoms with E-state index in [0.29, 0.717) is 33.3 Å². The Bertz CT molecular complexity index is 698. The maximum atomic E-state index is 12.6. The van der Waals surface area contributed by atoms with Gasteiger partial charge in [0.15, 0.2) is 17.3 Å². The van der Waals surface area contributed by atoms with Crippen molar-refractivity contribution in [1.29, 1.82) is 0 Å². The van der Waals surface area contributed by atoms with Crippen LogP contribution in [0, 0.1) is 6.92 Å². The van der Waals surface area contributed by atoms with E-state index >= 15 is 0 Å². The number of benzene rings is 2. The van der Waals surface area contributed by atoms with Gasteiger partial charge in [-0.3, -0.25) is 4.79 Å². The largest absolute Gasteiger partial charge is 0.493 e. The quantitative estimate of drug-likeness (QED) is 0.694. The van der Waals surface area contributed by atoms with Gasteiger partial charge >= 0.3 is 0 Å². The molecule has 0 heterocycles. The van der Waals surface area contributed by atoms with Crippen LogP contribution in [-0.2, 0) is 0 Å². The van der Waals surface area contributed by atoms with Crippen molar-refractivity contribution in [2.24, 2.45) is 0 Å². The molecule has 2 N–H and O–H groups in total. The van der Waals surface area contributed by atoms with Crippen LogP contribution >= 0.6 is 11.6 Å². The molecule has 0 atom stereocenters. The van der Waals surface area contributed by atoms with E-state index < -0.39 is 0 Å². The van der Waals surface area contributed by atoms with E-state index in [2.05, 4.69) is 0 Å². The van der Waals surface area contributed by atoms with Crippen LogP contribution < -0.4 is 15.2 Å². The van der Waals surface area contributed by atoms with Gasteiger partial charge in [-0.25, -0.2) is 0 Å². The Balaban J connectivity index is 2.53. The van der Waals surface area contributed by atoms with Gasteiger partial charge in [-0.1, -0.05) is 11.6 Å². The van der Waals surface area contributed by atoms with E-state index in [-0.39, 0.29) is 5.78 Å². The molecule has 0 amide bonds. The summed E-state index contributed by atoms with van der Waals surface area (Å²) in [6.45, 7) is 1.83. The van der Waals surface area contributed by atoms with E-state index in [1.807, 2.05) is 6.92 Å². The molecular weight excluding hydrogens is 290 g/mol.